The number of halogens is 3. The first-order valence-electron chi connectivity index (χ1n) is 18.1. The molecule has 0 saturated heterocycles. The van der Waals surface area contributed by atoms with Gasteiger partial charge in [0.25, 0.3) is 10.0 Å². The van der Waals surface area contributed by atoms with E-state index in [1.807, 2.05) is 34.6 Å². The number of hydrogen-bond donors (Lipinski definition) is 1. The monoisotopic (exact) mass is 754 g/mol. The van der Waals surface area contributed by atoms with Gasteiger partial charge in [-0.3, -0.25) is 4.72 Å². The van der Waals surface area contributed by atoms with Crippen LogP contribution in [0, 0.1) is 43.4 Å². The van der Waals surface area contributed by atoms with Crippen LogP contribution in [-0.4, -0.2) is 32.1 Å². The van der Waals surface area contributed by atoms with Crippen molar-refractivity contribution < 1.29 is 35.9 Å². The summed E-state index contributed by atoms with van der Waals surface area (Å²) in [7, 11) is -2.81. The number of ether oxygens (including phenoxy) is 2. The van der Waals surface area contributed by atoms with Crippen LogP contribution >= 0.6 is 0 Å². The molecular formula is C42H53F3N2O5S. The van der Waals surface area contributed by atoms with Crippen LogP contribution in [0.5, 0.6) is 0 Å². The third-order valence-corrected chi connectivity index (χ3v) is 12.5. The summed E-state index contributed by atoms with van der Waals surface area (Å²) in [5, 5.41) is -0.570. The third kappa shape index (κ3) is 8.01. The van der Waals surface area contributed by atoms with Crippen LogP contribution in [0.2, 0.25) is 0 Å². The smallest absolute Gasteiger partial charge is 0.417 e. The lowest BCUT2D eigenvalue weighted by molar-refractivity contribution is -0.220. The van der Waals surface area contributed by atoms with Gasteiger partial charge in [-0.2, -0.15) is 21.6 Å². The number of cyclic esters (lactones) is 1. The summed E-state index contributed by atoms with van der Waals surface area (Å²) in [6, 6.07) is 14.3. The Kier molecular flexibility index (Phi) is 12.2. The summed E-state index contributed by atoms with van der Waals surface area (Å²) in [4.78, 5) is 18.4. The summed E-state index contributed by atoms with van der Waals surface area (Å²) in [6.07, 6.45) is -1.50. The van der Waals surface area contributed by atoms with E-state index in [1.54, 1.807) is 25.3 Å². The molecule has 53 heavy (non-hydrogen) atoms. The number of rotatable bonds is 14. The molecule has 1 aliphatic heterocycles. The maximum atomic E-state index is 14.8. The Bertz CT molecular complexity index is 1940. The van der Waals surface area contributed by atoms with Crippen LogP contribution in [0.25, 0.3) is 0 Å². The zero-order valence-corrected chi connectivity index (χ0v) is 33.3. The van der Waals surface area contributed by atoms with Crippen molar-refractivity contribution in [3.63, 3.8) is 0 Å². The number of anilines is 1. The molecule has 2 heterocycles. The van der Waals surface area contributed by atoms with Crippen molar-refractivity contribution in [2.45, 2.75) is 111 Å². The molecule has 0 spiro atoms. The van der Waals surface area contributed by atoms with Gasteiger partial charge in [-0.25, -0.2) is 9.78 Å². The van der Waals surface area contributed by atoms with E-state index in [-0.39, 0.29) is 17.5 Å². The molecule has 0 aliphatic carbocycles. The molecule has 11 heteroatoms. The molecule has 1 aliphatic rings. The second-order valence-corrected chi connectivity index (χ2v) is 17.0. The van der Waals surface area contributed by atoms with Gasteiger partial charge in [0.15, 0.2) is 5.03 Å². The average molecular weight is 755 g/mol. The van der Waals surface area contributed by atoms with Gasteiger partial charge in [0.05, 0.1) is 23.7 Å². The molecule has 3 aromatic rings. The highest BCUT2D eigenvalue weighted by Gasteiger charge is 2.66. The Labute approximate surface area is 313 Å². The fourth-order valence-electron chi connectivity index (χ4n) is 8.50. The number of pyridine rings is 1. The Morgan fingerprint density at radius 2 is 1.70 bits per heavy atom. The minimum atomic E-state index is -4.66. The van der Waals surface area contributed by atoms with E-state index in [4.69, 9.17) is 16.4 Å². The predicted octanol–water partition coefficient (Wildman–Crippen LogP) is 10.3. The van der Waals surface area contributed by atoms with Crippen molar-refractivity contribution in [2.75, 3.05) is 11.8 Å². The van der Waals surface area contributed by atoms with E-state index in [1.165, 1.54) is 11.6 Å². The molecule has 0 amide bonds. The second kappa shape index (κ2) is 15.5. The number of hydrogen-bond acceptors (Lipinski definition) is 6. The highest BCUT2D eigenvalue weighted by Crippen LogP contribution is 2.61. The lowest BCUT2D eigenvalue weighted by Crippen LogP contribution is -2.66. The molecule has 1 N–H and O–H groups in total. The van der Waals surface area contributed by atoms with Gasteiger partial charge in [-0.1, -0.05) is 77.8 Å². The number of nitrogens with one attached hydrogen (secondary N) is 1. The first-order chi connectivity index (χ1) is 24.6. The average Bonchev–Trinajstić information content (AvgIpc) is 3.07. The number of aryl methyl sites for hydroxylation is 2. The van der Waals surface area contributed by atoms with E-state index in [9.17, 15) is 26.4 Å². The van der Waals surface area contributed by atoms with Crippen molar-refractivity contribution in [3.05, 3.63) is 107 Å². The molecule has 2 unspecified atom stereocenters. The minimum absolute atomic E-state index is 0.137. The Morgan fingerprint density at radius 3 is 2.25 bits per heavy atom. The standard InChI is InChI=1S/C42H53F3N2O5S/c1-12-15-29(6)41(39(7,8)24-30-19-18-27(4)28(5)22-30)40(9,10)37(51-11)36(38(48)52-41)35(26(3)13-2)31-16-14-17-33(23-31)47-53(49,50)34-21-20-32(25-46-34)42(43,44)45/h7,14,16-23,25-26,29,35,47H,12-13,15,24H2,1-6,8-11H3/t26-,29?,35-,39?,41-/m1/s1. The van der Waals surface area contributed by atoms with Crippen LogP contribution in [0.1, 0.15) is 101 Å². The normalized spacial score (nSPS) is 19.7. The molecule has 2 aromatic carbocycles. The number of methoxy groups -OCH3 is 1. The van der Waals surface area contributed by atoms with Gasteiger partial charge < -0.3 is 9.47 Å². The van der Waals surface area contributed by atoms with Crippen LogP contribution in [0.15, 0.2) is 77.2 Å². The topological polar surface area (TPSA) is 94.6 Å². The zero-order chi connectivity index (χ0) is 39.7. The minimum Gasteiger partial charge on any atom is -0.500 e. The summed E-state index contributed by atoms with van der Waals surface area (Å²) < 4.78 is 81.3. The highest BCUT2D eigenvalue weighted by molar-refractivity contribution is 7.92. The summed E-state index contributed by atoms with van der Waals surface area (Å²) in [5.74, 6) is -0.982. The first kappa shape index (κ1) is 41.9. The number of nitrogens with zero attached hydrogens (tertiary/aromatic N) is 1. The van der Waals surface area contributed by atoms with Crippen molar-refractivity contribution in [1.82, 2.24) is 4.98 Å². The predicted molar refractivity (Wildman–Crippen MR) is 201 cm³/mol. The van der Waals surface area contributed by atoms with Crippen LogP contribution in [-0.2, 0) is 36.9 Å². The number of sulfonamides is 1. The maximum Gasteiger partial charge on any atom is 0.417 e. The molecule has 7 nitrogen and oxygen atoms in total. The number of benzene rings is 2. The lowest BCUT2D eigenvalue weighted by Gasteiger charge is -2.60. The molecule has 288 valence electrons. The van der Waals surface area contributed by atoms with Gasteiger partial charge >= 0.3 is 12.1 Å². The van der Waals surface area contributed by atoms with E-state index < -0.39 is 55.1 Å². The summed E-state index contributed by atoms with van der Waals surface area (Å²) in [5.41, 5.74) is 0.208. The molecule has 4 rings (SSSR count). The largest absolute Gasteiger partial charge is 0.500 e. The molecule has 0 bridgehead atoms. The zero-order valence-electron chi connectivity index (χ0n) is 32.4. The Morgan fingerprint density at radius 1 is 1.02 bits per heavy atom. The highest BCUT2D eigenvalue weighted by atomic mass is 32.2. The molecule has 0 saturated carbocycles. The summed E-state index contributed by atoms with van der Waals surface area (Å²) >= 11 is 0. The molecule has 2 radical (unpaired) electrons. The third-order valence-electron chi connectivity index (χ3n) is 11.2. The summed E-state index contributed by atoms with van der Waals surface area (Å²) in [6.45, 7) is 25.7. The van der Waals surface area contributed by atoms with Crippen LogP contribution < -0.4 is 4.72 Å². The molecule has 5 atom stereocenters. The van der Waals surface area contributed by atoms with Gasteiger partial charge in [-0.15, -0.1) is 0 Å². The second-order valence-electron chi connectivity index (χ2n) is 15.4. The number of alkyl halides is 3. The van der Waals surface area contributed by atoms with E-state index in [2.05, 4.69) is 55.6 Å². The first-order valence-corrected chi connectivity index (χ1v) is 19.6. The van der Waals surface area contributed by atoms with E-state index >= 15 is 0 Å². The lowest BCUT2D eigenvalue weighted by atomic mass is 9.51. The van der Waals surface area contributed by atoms with E-state index in [0.717, 1.165) is 30.0 Å². The molecular weight excluding hydrogens is 702 g/mol. The fourth-order valence-corrected chi connectivity index (χ4v) is 9.48. The van der Waals surface area contributed by atoms with Gasteiger partial charge in [0, 0.05) is 23.2 Å². The number of carbonyl (C=O) groups excluding carboxylic acids is 1. The van der Waals surface area contributed by atoms with Crippen molar-refractivity contribution in [1.29, 1.82) is 0 Å². The van der Waals surface area contributed by atoms with Crippen LogP contribution in [0.3, 0.4) is 0 Å². The Balaban J connectivity index is 1.85. The number of aromatic nitrogens is 1. The van der Waals surface area contributed by atoms with Crippen LogP contribution in [0.4, 0.5) is 18.9 Å². The van der Waals surface area contributed by atoms with Crippen molar-refractivity contribution in [3.8, 4) is 0 Å². The number of carbonyl (C=O) groups is 1. The van der Waals surface area contributed by atoms with Crippen molar-refractivity contribution >= 4 is 21.7 Å². The van der Waals surface area contributed by atoms with Crippen molar-refractivity contribution in [2.24, 2.45) is 22.7 Å². The van der Waals surface area contributed by atoms with Gasteiger partial charge in [0.1, 0.15) is 11.4 Å². The fraction of sp³-hybridized carbons (Fsp3) is 0.500. The SMILES string of the molecule is [CH]C(C)(Cc1ccc(C)c(C)c1)[C@@]1(C(C)CCC)OC(=O)C([C@@H](c2cccc(NS(=O)(=O)c3ccc(C(F)(F)F)cn3)c2)[C@H](C)CC)=C(OC)C1(C)C. The molecule has 0 fully saturated rings. The van der Waals surface area contributed by atoms with Gasteiger partial charge in [0.2, 0.25) is 0 Å². The quantitative estimate of drug-likeness (QED) is 0.165. The van der Waals surface area contributed by atoms with Gasteiger partial charge in [-0.05, 0) is 106 Å². The maximum absolute atomic E-state index is 14.8. The van der Waals surface area contributed by atoms with E-state index in [0.29, 0.717) is 42.0 Å². The number of esters is 1. The Hall–Kier alpha value is -3.86. The molecule has 1 aromatic heterocycles.